The maximum atomic E-state index is 12.8. The van der Waals surface area contributed by atoms with Crippen LogP contribution in [-0.2, 0) is 4.79 Å². The lowest BCUT2D eigenvalue weighted by atomic mass is 10.1. The first-order valence-electron chi connectivity index (χ1n) is 9.80. The van der Waals surface area contributed by atoms with Crippen molar-refractivity contribution in [3.05, 3.63) is 59.2 Å². The number of carbonyl (C=O) groups is 2. The van der Waals surface area contributed by atoms with Gasteiger partial charge in [-0.3, -0.25) is 9.59 Å². The second-order valence-electron chi connectivity index (χ2n) is 7.10. The van der Waals surface area contributed by atoms with E-state index >= 15 is 0 Å². The Kier molecular flexibility index (Phi) is 7.61. The number of ether oxygens (including phenoxy) is 1. The first-order chi connectivity index (χ1) is 13.3. The van der Waals surface area contributed by atoms with Crippen LogP contribution in [0.1, 0.15) is 55.1 Å². The van der Waals surface area contributed by atoms with Gasteiger partial charge in [-0.05, 0) is 62.9 Å². The van der Waals surface area contributed by atoms with E-state index < -0.39 is 6.10 Å². The number of para-hydroxylation sites is 1. The summed E-state index contributed by atoms with van der Waals surface area (Å²) in [7, 11) is 0. The van der Waals surface area contributed by atoms with Crippen molar-refractivity contribution in [2.45, 2.75) is 59.6 Å². The summed E-state index contributed by atoms with van der Waals surface area (Å²) in [5, 5.41) is 5.80. The highest BCUT2D eigenvalue weighted by molar-refractivity contribution is 6.04. The van der Waals surface area contributed by atoms with Gasteiger partial charge in [-0.15, -0.1) is 0 Å². The molecule has 0 saturated heterocycles. The van der Waals surface area contributed by atoms with Crippen molar-refractivity contribution in [2.75, 3.05) is 5.32 Å². The zero-order chi connectivity index (χ0) is 20.7. The normalized spacial score (nSPS) is 12.8. The maximum absolute atomic E-state index is 12.8. The van der Waals surface area contributed by atoms with E-state index in [1.54, 1.807) is 24.3 Å². The van der Waals surface area contributed by atoms with Gasteiger partial charge in [0.25, 0.3) is 11.8 Å². The topological polar surface area (TPSA) is 67.4 Å². The predicted molar refractivity (Wildman–Crippen MR) is 113 cm³/mol. The Bertz CT molecular complexity index is 832. The number of amides is 2. The maximum Gasteiger partial charge on any atom is 0.265 e. The zero-order valence-electron chi connectivity index (χ0n) is 17.3. The molecule has 0 saturated carbocycles. The molecule has 0 fully saturated rings. The molecule has 2 aromatic carbocycles. The molecule has 0 aliphatic carbocycles. The third-order valence-electron chi connectivity index (χ3n) is 4.70. The van der Waals surface area contributed by atoms with Crippen molar-refractivity contribution in [1.82, 2.24) is 5.32 Å². The third-order valence-corrected chi connectivity index (χ3v) is 4.70. The van der Waals surface area contributed by atoms with E-state index in [0.717, 1.165) is 17.5 Å². The first kappa shape index (κ1) is 21.5. The molecule has 28 heavy (non-hydrogen) atoms. The Labute approximate surface area is 167 Å². The van der Waals surface area contributed by atoms with Gasteiger partial charge in [0, 0.05) is 6.04 Å². The highest BCUT2D eigenvalue weighted by Crippen LogP contribution is 2.22. The number of hydrogen-bond acceptors (Lipinski definition) is 3. The molecule has 2 atom stereocenters. The molecule has 2 rings (SSSR count). The zero-order valence-corrected chi connectivity index (χ0v) is 17.3. The van der Waals surface area contributed by atoms with Crippen LogP contribution in [0.25, 0.3) is 0 Å². The predicted octanol–water partition coefficient (Wildman–Crippen LogP) is 4.63. The van der Waals surface area contributed by atoms with E-state index in [1.807, 2.05) is 52.8 Å². The average Bonchev–Trinajstić information content (AvgIpc) is 2.68. The lowest BCUT2D eigenvalue weighted by Crippen LogP contribution is -2.35. The SMILES string of the molecule is CC[C@@H](C)NC(=O)c1ccccc1NC(=O)[C@H](CC)Oc1cc(C)ccc1C. The van der Waals surface area contributed by atoms with Crippen molar-refractivity contribution in [3.8, 4) is 5.75 Å². The minimum absolute atomic E-state index is 0.0623. The molecule has 5 heteroatoms. The minimum atomic E-state index is -0.647. The molecular formula is C23H30N2O3. The molecule has 5 nitrogen and oxygen atoms in total. The lowest BCUT2D eigenvalue weighted by molar-refractivity contribution is -0.122. The molecule has 0 bridgehead atoms. The first-order valence-corrected chi connectivity index (χ1v) is 9.80. The van der Waals surface area contributed by atoms with Crippen molar-refractivity contribution >= 4 is 17.5 Å². The Morgan fingerprint density at radius 1 is 1.04 bits per heavy atom. The second-order valence-corrected chi connectivity index (χ2v) is 7.10. The summed E-state index contributed by atoms with van der Waals surface area (Å²) in [6.45, 7) is 9.80. The third kappa shape index (κ3) is 5.59. The van der Waals surface area contributed by atoms with Crippen LogP contribution in [0.2, 0.25) is 0 Å². The highest BCUT2D eigenvalue weighted by Gasteiger charge is 2.22. The fourth-order valence-corrected chi connectivity index (χ4v) is 2.72. The molecule has 0 radical (unpaired) electrons. The Hall–Kier alpha value is -2.82. The van der Waals surface area contributed by atoms with Crippen molar-refractivity contribution in [1.29, 1.82) is 0 Å². The van der Waals surface area contributed by atoms with Crippen LogP contribution in [0.3, 0.4) is 0 Å². The summed E-state index contributed by atoms with van der Waals surface area (Å²) in [5.74, 6) is 0.228. The van der Waals surface area contributed by atoms with E-state index in [9.17, 15) is 9.59 Å². The number of benzene rings is 2. The number of aryl methyl sites for hydroxylation is 2. The standard InChI is InChI=1S/C23H30N2O3/c1-6-17(5)24-22(26)18-10-8-9-11-19(18)25-23(27)20(7-2)28-21-14-15(3)12-13-16(21)4/h8-14,17,20H,6-7H2,1-5H3,(H,24,26)(H,25,27)/t17-,20+/m1/s1. The minimum Gasteiger partial charge on any atom is -0.480 e. The van der Waals surface area contributed by atoms with Crippen LogP contribution in [0.15, 0.2) is 42.5 Å². The monoisotopic (exact) mass is 382 g/mol. The molecule has 0 aromatic heterocycles. The summed E-state index contributed by atoms with van der Waals surface area (Å²) in [5.41, 5.74) is 2.97. The molecule has 2 aromatic rings. The van der Waals surface area contributed by atoms with Gasteiger partial charge in [0.1, 0.15) is 5.75 Å². The van der Waals surface area contributed by atoms with Crippen molar-refractivity contribution in [2.24, 2.45) is 0 Å². The summed E-state index contributed by atoms with van der Waals surface area (Å²) in [6, 6.07) is 13.0. The fraction of sp³-hybridized carbons (Fsp3) is 0.391. The molecular weight excluding hydrogens is 352 g/mol. The largest absolute Gasteiger partial charge is 0.480 e. The highest BCUT2D eigenvalue weighted by atomic mass is 16.5. The van der Waals surface area contributed by atoms with Crippen LogP contribution < -0.4 is 15.4 Å². The van der Waals surface area contributed by atoms with Crippen molar-refractivity contribution in [3.63, 3.8) is 0 Å². The number of rotatable bonds is 8. The Morgan fingerprint density at radius 3 is 2.43 bits per heavy atom. The van der Waals surface area contributed by atoms with Gasteiger partial charge in [0.2, 0.25) is 0 Å². The summed E-state index contributed by atoms with van der Waals surface area (Å²) in [6.07, 6.45) is 0.702. The number of carbonyl (C=O) groups excluding carboxylic acids is 2. The average molecular weight is 383 g/mol. The summed E-state index contributed by atoms with van der Waals surface area (Å²) < 4.78 is 5.98. The molecule has 2 amide bonds. The van der Waals surface area contributed by atoms with Gasteiger partial charge < -0.3 is 15.4 Å². The van der Waals surface area contributed by atoms with Crippen LogP contribution in [0.5, 0.6) is 5.75 Å². The molecule has 0 unspecified atom stereocenters. The molecule has 0 aliphatic heterocycles. The number of anilines is 1. The molecule has 0 spiro atoms. The molecule has 0 aliphatic rings. The smallest absolute Gasteiger partial charge is 0.265 e. The van der Waals surface area contributed by atoms with E-state index in [4.69, 9.17) is 4.74 Å². The Morgan fingerprint density at radius 2 is 1.75 bits per heavy atom. The van der Waals surface area contributed by atoms with Crippen LogP contribution in [-0.4, -0.2) is 24.0 Å². The molecule has 2 N–H and O–H groups in total. The fourth-order valence-electron chi connectivity index (χ4n) is 2.72. The van der Waals surface area contributed by atoms with Gasteiger partial charge in [-0.1, -0.05) is 38.1 Å². The van der Waals surface area contributed by atoms with Gasteiger partial charge in [0.05, 0.1) is 11.3 Å². The quantitative estimate of drug-likeness (QED) is 0.699. The van der Waals surface area contributed by atoms with E-state index in [2.05, 4.69) is 10.6 Å². The van der Waals surface area contributed by atoms with Crippen molar-refractivity contribution < 1.29 is 14.3 Å². The molecule has 150 valence electrons. The second kappa shape index (κ2) is 9.93. The van der Waals surface area contributed by atoms with E-state index in [0.29, 0.717) is 23.4 Å². The number of nitrogens with one attached hydrogen (secondary N) is 2. The van der Waals surface area contributed by atoms with Gasteiger partial charge in [-0.25, -0.2) is 0 Å². The van der Waals surface area contributed by atoms with E-state index in [-0.39, 0.29) is 17.9 Å². The summed E-state index contributed by atoms with van der Waals surface area (Å²) >= 11 is 0. The lowest BCUT2D eigenvalue weighted by Gasteiger charge is -2.20. The molecule has 0 heterocycles. The Balaban J connectivity index is 2.16. The van der Waals surface area contributed by atoms with Crippen LogP contribution in [0, 0.1) is 13.8 Å². The van der Waals surface area contributed by atoms with Gasteiger partial charge in [-0.2, -0.15) is 0 Å². The van der Waals surface area contributed by atoms with E-state index in [1.165, 1.54) is 0 Å². The summed E-state index contributed by atoms with van der Waals surface area (Å²) in [4.78, 5) is 25.4. The van der Waals surface area contributed by atoms with Crippen LogP contribution in [0.4, 0.5) is 5.69 Å². The van der Waals surface area contributed by atoms with Gasteiger partial charge in [0.15, 0.2) is 6.10 Å². The van der Waals surface area contributed by atoms with Crippen LogP contribution >= 0.6 is 0 Å². The van der Waals surface area contributed by atoms with Gasteiger partial charge >= 0.3 is 0 Å². The number of hydrogen-bond donors (Lipinski definition) is 2.